The fraction of sp³-hybridized carbons (Fsp3) is 0.417. The molecule has 256 valence electrons. The van der Waals surface area contributed by atoms with Crippen LogP contribution in [-0.2, 0) is 22.4 Å². The lowest BCUT2D eigenvalue weighted by Crippen LogP contribution is -2.35. The minimum absolute atomic E-state index is 0.192. The Kier molecular flexibility index (Phi) is 32.2. The van der Waals surface area contributed by atoms with Gasteiger partial charge in [-0.05, 0) is 88.2 Å². The van der Waals surface area contributed by atoms with E-state index in [0.29, 0.717) is 11.8 Å². The first-order valence-corrected chi connectivity index (χ1v) is 17.7. The highest BCUT2D eigenvalue weighted by atomic mass is 32.2. The van der Waals surface area contributed by atoms with Crippen molar-refractivity contribution < 1.29 is 14.7 Å². The van der Waals surface area contributed by atoms with E-state index in [1.807, 2.05) is 62.0 Å². The molecule has 46 heavy (non-hydrogen) atoms. The molecular formula is C36H57N5O3S2. The van der Waals surface area contributed by atoms with Crippen molar-refractivity contribution >= 4 is 41.9 Å². The number of nitrogens with zero attached hydrogens (tertiary/aromatic N) is 1. The molecule has 0 spiro atoms. The summed E-state index contributed by atoms with van der Waals surface area (Å²) >= 11 is 3.75. The molecule has 1 aliphatic heterocycles. The summed E-state index contributed by atoms with van der Waals surface area (Å²) < 4.78 is 0. The summed E-state index contributed by atoms with van der Waals surface area (Å²) in [5.41, 5.74) is 7.15. The molecule has 0 saturated carbocycles. The van der Waals surface area contributed by atoms with Crippen molar-refractivity contribution in [2.45, 2.75) is 69.7 Å². The molecule has 10 heteroatoms. The predicted molar refractivity (Wildman–Crippen MR) is 202 cm³/mol. The zero-order chi connectivity index (χ0) is 34.8. The second kappa shape index (κ2) is 33.1. The van der Waals surface area contributed by atoms with Gasteiger partial charge in [0.15, 0.2) is 0 Å². The first-order chi connectivity index (χ1) is 22.3. The minimum Gasteiger partial charge on any atom is -0.405 e. The molecule has 0 aromatic heterocycles. The van der Waals surface area contributed by atoms with Crippen LogP contribution in [0.15, 0.2) is 101 Å². The molecule has 3 rings (SSSR count). The van der Waals surface area contributed by atoms with Gasteiger partial charge < -0.3 is 31.6 Å². The highest BCUT2D eigenvalue weighted by Crippen LogP contribution is 2.12. The zero-order valence-electron chi connectivity index (χ0n) is 28.6. The summed E-state index contributed by atoms with van der Waals surface area (Å²) in [6.07, 6.45) is 15.1. The van der Waals surface area contributed by atoms with Gasteiger partial charge in [0.05, 0.1) is 11.4 Å². The molecule has 0 bridgehead atoms. The van der Waals surface area contributed by atoms with Gasteiger partial charge >= 0.3 is 0 Å². The zero-order valence-corrected chi connectivity index (χ0v) is 30.2. The number of aldehydes is 1. The van der Waals surface area contributed by atoms with E-state index in [1.165, 1.54) is 35.9 Å². The van der Waals surface area contributed by atoms with Crippen molar-refractivity contribution in [2.75, 3.05) is 32.2 Å². The maximum absolute atomic E-state index is 11.1. The minimum atomic E-state index is -0.465. The molecule has 8 nitrogen and oxygen atoms in total. The fourth-order valence-electron chi connectivity index (χ4n) is 3.67. The third kappa shape index (κ3) is 27.0. The van der Waals surface area contributed by atoms with Crippen molar-refractivity contribution in [1.29, 1.82) is 0 Å². The lowest BCUT2D eigenvalue weighted by molar-refractivity contribution is -0.122. The molecule has 0 aliphatic carbocycles. The van der Waals surface area contributed by atoms with Gasteiger partial charge in [-0.25, -0.2) is 4.99 Å². The number of aliphatic hydroxyl groups excluding tert-OH is 1. The molecule has 0 radical (unpaired) electrons. The number of thioether (sulfide) groups is 2. The second-order valence-corrected chi connectivity index (χ2v) is 11.9. The Hall–Kier alpha value is -3.31. The second-order valence-electron chi connectivity index (χ2n) is 9.53. The quantitative estimate of drug-likeness (QED) is 0.0566. The molecule has 1 heterocycles. The SMILES string of the molecule is C=C/C=C(\N=C/C)NCCCCc1ccc(CC(C=O)NC(C)=O)cc1.CC1NCCS1.CC=CN.CO.CSc1ccccc1. The molecule has 1 fully saturated rings. The van der Waals surface area contributed by atoms with Gasteiger partial charge in [-0.15, -0.1) is 23.5 Å². The molecule has 2 atom stereocenters. The van der Waals surface area contributed by atoms with Crippen LogP contribution in [0.1, 0.15) is 51.7 Å². The predicted octanol–water partition coefficient (Wildman–Crippen LogP) is 6.13. The number of rotatable bonds is 13. The Morgan fingerprint density at radius 3 is 2.20 bits per heavy atom. The maximum atomic E-state index is 11.1. The molecule has 2 aromatic carbocycles. The van der Waals surface area contributed by atoms with Crippen molar-refractivity contribution in [3.63, 3.8) is 0 Å². The van der Waals surface area contributed by atoms with E-state index < -0.39 is 6.04 Å². The van der Waals surface area contributed by atoms with E-state index in [1.54, 1.807) is 30.1 Å². The number of amides is 1. The van der Waals surface area contributed by atoms with Gasteiger partial charge in [0, 0.05) is 44.0 Å². The van der Waals surface area contributed by atoms with Crippen LogP contribution in [0.2, 0.25) is 0 Å². The van der Waals surface area contributed by atoms with Gasteiger partial charge in [-0.1, -0.05) is 61.2 Å². The number of carbonyl (C=O) groups is 2. The Morgan fingerprint density at radius 1 is 1.15 bits per heavy atom. The molecule has 2 aromatic rings. The molecule has 1 aliphatic rings. The number of aryl methyl sites for hydroxylation is 1. The van der Waals surface area contributed by atoms with Gasteiger partial charge in [-0.3, -0.25) is 4.79 Å². The lowest BCUT2D eigenvalue weighted by Gasteiger charge is -2.11. The van der Waals surface area contributed by atoms with Crippen molar-refractivity contribution in [3.05, 3.63) is 103 Å². The lowest BCUT2D eigenvalue weighted by atomic mass is 10.0. The summed E-state index contributed by atoms with van der Waals surface area (Å²) in [6.45, 7) is 13.1. The summed E-state index contributed by atoms with van der Waals surface area (Å²) in [6, 6.07) is 18.1. The standard InChI is InChI=1S/C21H29N3O2.C7H8S.C4H9NS.C3H7N.CH4O/c1-4-8-21(22-5-2)23-14-7-6-9-18-10-12-19(13-11-18)15-20(16-25)24-17(3)26;1-8-7-5-3-2-4-6-7;1-4-5-2-3-6-4;1-2-3-4;1-2/h4-5,8,10-13,16,20,23H,1,6-7,9,14-15H2,2-3H3,(H,24,26);2-6H,1H3;4-5H,2-3H2,1H3;2-3H,4H2,1H3;2H,1H3/b21-8+,22-5-;;;;. The topological polar surface area (TPSA) is 129 Å². The molecule has 1 amide bonds. The van der Waals surface area contributed by atoms with Crippen molar-refractivity contribution in [3.8, 4) is 0 Å². The largest absolute Gasteiger partial charge is 0.405 e. The average Bonchev–Trinajstić information content (AvgIpc) is 3.57. The van der Waals surface area contributed by atoms with Crippen molar-refractivity contribution in [1.82, 2.24) is 16.0 Å². The van der Waals surface area contributed by atoms with E-state index in [4.69, 9.17) is 10.8 Å². The van der Waals surface area contributed by atoms with E-state index in [0.717, 1.165) is 50.6 Å². The molecular weight excluding hydrogens is 615 g/mol. The van der Waals surface area contributed by atoms with E-state index in [-0.39, 0.29) is 5.91 Å². The van der Waals surface area contributed by atoms with Crippen LogP contribution in [0.5, 0.6) is 0 Å². The normalized spacial score (nSPS) is 14.2. The van der Waals surface area contributed by atoms with E-state index >= 15 is 0 Å². The maximum Gasteiger partial charge on any atom is 0.217 e. The van der Waals surface area contributed by atoms with Crippen LogP contribution in [0.4, 0.5) is 0 Å². The highest BCUT2D eigenvalue weighted by molar-refractivity contribution is 8.00. The first-order valence-electron chi connectivity index (χ1n) is 15.4. The summed E-state index contributed by atoms with van der Waals surface area (Å²) in [5.74, 6) is 1.93. The third-order valence-electron chi connectivity index (χ3n) is 5.85. The molecule has 1 saturated heterocycles. The van der Waals surface area contributed by atoms with Gasteiger partial charge in [0.1, 0.15) is 12.1 Å². The van der Waals surface area contributed by atoms with Crippen LogP contribution in [0.3, 0.4) is 0 Å². The van der Waals surface area contributed by atoms with Crippen LogP contribution in [0, 0.1) is 0 Å². The summed E-state index contributed by atoms with van der Waals surface area (Å²) in [5, 5.41) is 16.9. The number of nitrogens with two attached hydrogens (primary N) is 1. The number of unbranched alkanes of at least 4 members (excludes halogenated alkanes) is 1. The van der Waals surface area contributed by atoms with E-state index in [2.05, 4.69) is 65.0 Å². The number of hydrogen-bond acceptors (Lipinski definition) is 9. The number of carbonyl (C=O) groups excluding carboxylic acids is 2. The number of benzene rings is 2. The molecule has 6 N–H and O–H groups in total. The smallest absolute Gasteiger partial charge is 0.217 e. The number of allylic oxidation sites excluding steroid dienone is 3. The Morgan fingerprint density at radius 2 is 1.78 bits per heavy atom. The van der Waals surface area contributed by atoms with Gasteiger partial charge in [0.25, 0.3) is 0 Å². The summed E-state index contributed by atoms with van der Waals surface area (Å²) in [7, 11) is 1.00. The van der Waals surface area contributed by atoms with Gasteiger partial charge in [0.2, 0.25) is 5.91 Å². The monoisotopic (exact) mass is 671 g/mol. The number of aliphatic imine (C=N–C) groups is 1. The van der Waals surface area contributed by atoms with Crippen molar-refractivity contribution in [2.24, 2.45) is 10.7 Å². The number of hydrogen-bond donors (Lipinski definition) is 5. The fourth-order valence-corrected chi connectivity index (χ4v) is 4.93. The van der Waals surface area contributed by atoms with Crippen LogP contribution >= 0.6 is 23.5 Å². The van der Waals surface area contributed by atoms with Gasteiger partial charge in [-0.2, -0.15) is 0 Å². The Balaban J connectivity index is 0. The first kappa shape index (κ1) is 44.8. The Bertz CT molecular complexity index is 1100. The number of aliphatic hydroxyl groups is 1. The van der Waals surface area contributed by atoms with Crippen LogP contribution in [0.25, 0.3) is 0 Å². The third-order valence-corrected chi connectivity index (χ3v) is 7.70. The average molecular weight is 672 g/mol. The Labute approximate surface area is 286 Å². The summed E-state index contributed by atoms with van der Waals surface area (Å²) in [4.78, 5) is 27.6. The highest BCUT2D eigenvalue weighted by Gasteiger charge is 2.09. The van der Waals surface area contributed by atoms with E-state index in [9.17, 15) is 9.59 Å². The van der Waals surface area contributed by atoms with Crippen LogP contribution < -0.4 is 21.7 Å². The van der Waals surface area contributed by atoms with Crippen LogP contribution in [-0.4, -0.2) is 67.1 Å². The molecule has 2 unspecified atom stereocenters. The number of nitrogens with one attached hydrogen (secondary N) is 3.